The molecule has 6 nitrogen and oxygen atoms in total. The monoisotopic (exact) mass is 446 g/mol. The third kappa shape index (κ3) is 3.87. The van der Waals surface area contributed by atoms with Crippen LogP contribution in [0.1, 0.15) is 47.2 Å². The molecule has 1 amide bonds. The fraction of sp³-hybridized carbons (Fsp3) is 0.500. The van der Waals surface area contributed by atoms with Crippen molar-refractivity contribution in [2.75, 3.05) is 11.1 Å². The number of aromatic amines is 1. The average Bonchev–Trinajstić information content (AvgIpc) is 3.26. The second kappa shape index (κ2) is 7.85. The Hall–Kier alpha value is -1.71. The lowest BCUT2D eigenvalue weighted by Crippen LogP contribution is -2.16. The maximum Gasteiger partial charge on any atom is 0.260 e. The van der Waals surface area contributed by atoms with E-state index < -0.39 is 0 Å². The number of hydrogen-bond acceptors (Lipinski definition) is 7. The van der Waals surface area contributed by atoms with Gasteiger partial charge >= 0.3 is 0 Å². The van der Waals surface area contributed by atoms with Crippen molar-refractivity contribution in [3.05, 3.63) is 31.4 Å². The highest BCUT2D eigenvalue weighted by Crippen LogP contribution is 2.36. The highest BCUT2D eigenvalue weighted by atomic mass is 32.2. The number of aryl methyl sites for hydroxylation is 3. The zero-order valence-electron chi connectivity index (χ0n) is 16.2. The van der Waals surface area contributed by atoms with Crippen molar-refractivity contribution in [2.45, 2.75) is 57.0 Å². The summed E-state index contributed by atoms with van der Waals surface area (Å²) in [4.78, 5) is 40.4. The van der Waals surface area contributed by atoms with E-state index in [0.29, 0.717) is 16.2 Å². The summed E-state index contributed by atoms with van der Waals surface area (Å²) in [6.07, 6.45) is 7.54. The van der Waals surface area contributed by atoms with Crippen LogP contribution in [0.25, 0.3) is 10.2 Å². The zero-order chi connectivity index (χ0) is 20.0. The molecule has 0 fully saturated rings. The van der Waals surface area contributed by atoms with E-state index in [1.807, 2.05) is 0 Å². The summed E-state index contributed by atoms with van der Waals surface area (Å²) in [5.74, 6) is 0.729. The molecule has 0 saturated heterocycles. The first-order valence-electron chi connectivity index (χ1n) is 10.0. The molecule has 3 heterocycles. The molecule has 0 bridgehead atoms. The van der Waals surface area contributed by atoms with Crippen LogP contribution in [-0.4, -0.2) is 26.6 Å². The van der Waals surface area contributed by atoms with Crippen LogP contribution < -0.4 is 10.9 Å². The third-order valence-corrected chi connectivity index (χ3v) is 8.67. The molecule has 0 spiro atoms. The number of carbonyl (C=O) groups is 1. The van der Waals surface area contributed by atoms with Crippen molar-refractivity contribution < 1.29 is 4.79 Å². The number of nitrogens with one attached hydrogen (secondary N) is 2. The van der Waals surface area contributed by atoms with Crippen LogP contribution in [-0.2, 0) is 30.5 Å². The number of carbonyl (C=O) groups excluding carboxylic acids is 1. The van der Waals surface area contributed by atoms with Gasteiger partial charge in [0.05, 0.1) is 16.8 Å². The Morgan fingerprint density at radius 1 is 1.21 bits per heavy atom. The molecular formula is C20H22N4O2S3. The first-order valence-corrected chi connectivity index (χ1v) is 12.6. The maximum absolute atomic E-state index is 12.7. The molecule has 0 radical (unpaired) electrons. The van der Waals surface area contributed by atoms with Gasteiger partial charge in [0.15, 0.2) is 10.3 Å². The number of anilines is 1. The number of fused-ring (bicyclic) bond motifs is 4. The Morgan fingerprint density at radius 3 is 2.93 bits per heavy atom. The van der Waals surface area contributed by atoms with E-state index in [1.54, 1.807) is 22.7 Å². The van der Waals surface area contributed by atoms with E-state index in [2.05, 4.69) is 27.2 Å². The molecule has 3 aromatic heterocycles. The molecular weight excluding hydrogens is 424 g/mol. The number of thiophene rings is 1. The van der Waals surface area contributed by atoms with Gasteiger partial charge < -0.3 is 10.3 Å². The molecule has 9 heteroatoms. The molecule has 3 aromatic rings. The molecule has 1 atom stereocenters. The minimum Gasteiger partial charge on any atom is -0.301 e. The predicted octanol–water partition coefficient (Wildman–Crippen LogP) is 4.18. The molecule has 0 unspecified atom stereocenters. The largest absolute Gasteiger partial charge is 0.301 e. The molecule has 5 rings (SSSR count). The van der Waals surface area contributed by atoms with Crippen molar-refractivity contribution in [1.82, 2.24) is 15.0 Å². The van der Waals surface area contributed by atoms with Gasteiger partial charge in [-0.05, 0) is 56.4 Å². The third-order valence-electron chi connectivity index (χ3n) is 5.58. The Labute approximate surface area is 180 Å². The van der Waals surface area contributed by atoms with Gasteiger partial charge in [-0.2, -0.15) is 0 Å². The SMILES string of the molecule is C[C@H]1CCc2c(sc3nc(SCC(=O)Nc4nc5c(s4)CCCC5)[nH]c(=O)c23)C1. The lowest BCUT2D eigenvalue weighted by molar-refractivity contribution is -0.113. The second-order valence-corrected chi connectivity index (χ2v) is 11.0. The van der Waals surface area contributed by atoms with E-state index in [1.165, 1.54) is 39.9 Å². The van der Waals surface area contributed by atoms with Gasteiger partial charge in [0.25, 0.3) is 5.56 Å². The van der Waals surface area contributed by atoms with E-state index in [4.69, 9.17) is 0 Å². The minimum atomic E-state index is -0.122. The van der Waals surface area contributed by atoms with Crippen LogP contribution in [0, 0.1) is 5.92 Å². The van der Waals surface area contributed by atoms with Gasteiger partial charge in [-0.25, -0.2) is 9.97 Å². The van der Waals surface area contributed by atoms with Crippen molar-refractivity contribution in [3.8, 4) is 0 Å². The topological polar surface area (TPSA) is 87.7 Å². The summed E-state index contributed by atoms with van der Waals surface area (Å²) < 4.78 is 0. The summed E-state index contributed by atoms with van der Waals surface area (Å²) in [5, 5.41) is 4.83. The van der Waals surface area contributed by atoms with Gasteiger partial charge in [-0.15, -0.1) is 22.7 Å². The summed E-state index contributed by atoms with van der Waals surface area (Å²) in [6.45, 7) is 2.25. The standard InChI is InChI=1S/C20H22N4O2S3/c1-10-6-7-11-14(8-10)28-18-16(11)17(26)23-19(24-18)27-9-15(25)22-20-21-12-4-2-3-5-13(12)29-20/h10H,2-9H2,1H3,(H,21,22,25)(H,23,24,26)/t10-/m0/s1. The number of hydrogen-bond donors (Lipinski definition) is 2. The zero-order valence-corrected chi connectivity index (χ0v) is 18.6. The fourth-order valence-corrected chi connectivity index (χ4v) is 7.26. The molecule has 2 N–H and O–H groups in total. The minimum absolute atomic E-state index is 0.0856. The van der Waals surface area contributed by atoms with Gasteiger partial charge in [0.2, 0.25) is 5.91 Å². The quantitative estimate of drug-likeness (QED) is 0.464. The highest BCUT2D eigenvalue weighted by Gasteiger charge is 2.23. The average molecular weight is 447 g/mol. The lowest BCUT2D eigenvalue weighted by Gasteiger charge is -2.17. The smallest absolute Gasteiger partial charge is 0.260 e. The Bertz CT molecular complexity index is 1120. The molecule has 0 aliphatic heterocycles. The predicted molar refractivity (Wildman–Crippen MR) is 120 cm³/mol. The Balaban J connectivity index is 1.28. The molecule has 2 aliphatic carbocycles. The van der Waals surface area contributed by atoms with Crippen LogP contribution in [0.5, 0.6) is 0 Å². The number of rotatable bonds is 4. The lowest BCUT2D eigenvalue weighted by atomic mass is 9.89. The van der Waals surface area contributed by atoms with E-state index in [9.17, 15) is 9.59 Å². The van der Waals surface area contributed by atoms with E-state index >= 15 is 0 Å². The maximum atomic E-state index is 12.7. The second-order valence-electron chi connectivity index (χ2n) is 7.84. The van der Waals surface area contributed by atoms with Gasteiger partial charge in [0, 0.05) is 9.75 Å². The van der Waals surface area contributed by atoms with Crippen LogP contribution >= 0.6 is 34.4 Å². The van der Waals surface area contributed by atoms with Gasteiger partial charge in [0.1, 0.15) is 4.83 Å². The molecule has 29 heavy (non-hydrogen) atoms. The molecule has 0 saturated carbocycles. The number of thioether (sulfide) groups is 1. The van der Waals surface area contributed by atoms with Crippen molar-refractivity contribution in [1.29, 1.82) is 0 Å². The highest BCUT2D eigenvalue weighted by molar-refractivity contribution is 7.99. The van der Waals surface area contributed by atoms with Crippen molar-refractivity contribution in [2.24, 2.45) is 5.92 Å². The summed E-state index contributed by atoms with van der Waals surface area (Å²) in [7, 11) is 0. The van der Waals surface area contributed by atoms with E-state index in [0.717, 1.165) is 48.0 Å². The Morgan fingerprint density at radius 2 is 2.07 bits per heavy atom. The van der Waals surface area contributed by atoms with Crippen LogP contribution in [0.2, 0.25) is 0 Å². The molecule has 2 aliphatic rings. The summed E-state index contributed by atoms with van der Waals surface area (Å²) in [6, 6.07) is 0. The van der Waals surface area contributed by atoms with E-state index in [-0.39, 0.29) is 17.2 Å². The van der Waals surface area contributed by atoms with Crippen LogP contribution in [0.3, 0.4) is 0 Å². The van der Waals surface area contributed by atoms with Crippen LogP contribution in [0.15, 0.2) is 9.95 Å². The molecule has 0 aromatic carbocycles. The van der Waals surface area contributed by atoms with Gasteiger partial charge in [-0.3, -0.25) is 9.59 Å². The van der Waals surface area contributed by atoms with Crippen molar-refractivity contribution in [3.63, 3.8) is 0 Å². The normalized spacial score (nSPS) is 18.4. The molecule has 152 valence electrons. The Kier molecular flexibility index (Phi) is 5.21. The number of thiazole rings is 1. The first kappa shape index (κ1) is 19.3. The van der Waals surface area contributed by atoms with Crippen molar-refractivity contribution >= 4 is 55.7 Å². The number of nitrogens with zero attached hydrogens (tertiary/aromatic N) is 2. The summed E-state index contributed by atoms with van der Waals surface area (Å²) in [5.41, 5.74) is 2.23. The number of aromatic nitrogens is 3. The fourth-order valence-electron chi connectivity index (χ4n) is 4.09. The van der Waals surface area contributed by atoms with Crippen LogP contribution in [0.4, 0.5) is 5.13 Å². The number of H-pyrrole nitrogens is 1. The number of amides is 1. The first-order chi connectivity index (χ1) is 14.1. The summed E-state index contributed by atoms with van der Waals surface area (Å²) >= 11 is 4.47. The van der Waals surface area contributed by atoms with Gasteiger partial charge in [-0.1, -0.05) is 18.7 Å².